The van der Waals surface area contributed by atoms with Crippen LogP contribution in [-0.2, 0) is 11.0 Å². The van der Waals surface area contributed by atoms with Crippen LogP contribution in [-0.4, -0.2) is 24.9 Å². The zero-order chi connectivity index (χ0) is 19.2. The number of nitrogens with one attached hydrogen (secondary N) is 2. The number of benzene rings is 2. The Hall–Kier alpha value is -3.27. The molecule has 0 saturated carbocycles. The van der Waals surface area contributed by atoms with Crippen molar-refractivity contribution >= 4 is 11.8 Å². The van der Waals surface area contributed by atoms with Crippen LogP contribution >= 0.6 is 0 Å². The van der Waals surface area contributed by atoms with Crippen molar-refractivity contribution in [2.24, 2.45) is 0 Å². The maximum atomic E-state index is 12.6. The van der Waals surface area contributed by atoms with E-state index in [2.05, 4.69) is 16.6 Å². The average molecular weight is 360 g/mol. The van der Waals surface area contributed by atoms with Gasteiger partial charge in [-0.25, -0.2) is 0 Å². The summed E-state index contributed by atoms with van der Waals surface area (Å²) in [4.78, 5) is 23.5. The summed E-state index contributed by atoms with van der Waals surface area (Å²) < 4.78 is 37.9. The molecule has 0 fully saturated rings. The topological polar surface area (TPSA) is 58.2 Å². The monoisotopic (exact) mass is 360 g/mol. The third-order valence-electron chi connectivity index (χ3n) is 3.47. The molecule has 0 aliphatic rings. The van der Waals surface area contributed by atoms with Gasteiger partial charge in [0.2, 0.25) is 5.91 Å². The summed E-state index contributed by atoms with van der Waals surface area (Å²) in [5, 5.41) is 4.86. The number of halogens is 3. The second-order valence-corrected chi connectivity index (χ2v) is 5.32. The Balaban J connectivity index is 2.09. The molecule has 26 heavy (non-hydrogen) atoms. The van der Waals surface area contributed by atoms with Crippen LogP contribution in [0.25, 0.3) is 11.1 Å². The number of hydrogen-bond acceptors (Lipinski definition) is 2. The molecule has 0 aliphatic heterocycles. The summed E-state index contributed by atoms with van der Waals surface area (Å²) in [6.07, 6.45) is 0.612. The molecule has 0 bridgehead atoms. The fraction of sp³-hybridized carbons (Fsp3) is 0.158. The van der Waals surface area contributed by atoms with E-state index in [1.165, 1.54) is 18.2 Å². The highest BCUT2D eigenvalue weighted by Crippen LogP contribution is 2.31. The molecule has 134 valence electrons. The molecule has 0 aromatic heterocycles. The van der Waals surface area contributed by atoms with E-state index in [-0.39, 0.29) is 18.7 Å². The zero-order valence-electron chi connectivity index (χ0n) is 13.6. The standard InChI is InChI=1S/C19H15F3N2O2/c1-2-10-23-17(25)12-24-18(26)15-5-3-4-14(11-15)13-6-8-16(9-7-13)19(20,21)22/h1,3-9,11H,10,12H2,(H,23,25)(H,24,26). The second kappa shape index (κ2) is 8.21. The van der Waals surface area contributed by atoms with E-state index in [1.54, 1.807) is 18.2 Å². The van der Waals surface area contributed by atoms with Gasteiger partial charge in [-0.2, -0.15) is 13.2 Å². The molecular formula is C19H15F3N2O2. The molecule has 2 amide bonds. The minimum absolute atomic E-state index is 0.0676. The van der Waals surface area contributed by atoms with Crippen molar-refractivity contribution in [2.75, 3.05) is 13.1 Å². The van der Waals surface area contributed by atoms with Gasteiger partial charge in [-0.3, -0.25) is 9.59 Å². The molecule has 0 unspecified atom stereocenters. The molecule has 2 aromatic rings. The second-order valence-electron chi connectivity index (χ2n) is 5.32. The minimum atomic E-state index is -4.40. The Morgan fingerprint density at radius 2 is 1.69 bits per heavy atom. The van der Waals surface area contributed by atoms with Gasteiger partial charge in [-0.05, 0) is 35.4 Å². The molecule has 0 aliphatic carbocycles. The third-order valence-corrected chi connectivity index (χ3v) is 3.47. The van der Waals surface area contributed by atoms with E-state index in [9.17, 15) is 22.8 Å². The molecule has 2 aromatic carbocycles. The summed E-state index contributed by atoms with van der Waals surface area (Å²) in [6.45, 7) is -0.164. The van der Waals surface area contributed by atoms with Crippen LogP contribution in [0.5, 0.6) is 0 Å². The van der Waals surface area contributed by atoms with Gasteiger partial charge < -0.3 is 10.6 Å². The smallest absolute Gasteiger partial charge is 0.344 e. The summed E-state index contributed by atoms with van der Waals surface area (Å²) in [5.41, 5.74) is 0.669. The lowest BCUT2D eigenvalue weighted by Gasteiger charge is -2.09. The number of hydrogen-bond donors (Lipinski definition) is 2. The van der Waals surface area contributed by atoms with Gasteiger partial charge in [-0.15, -0.1) is 6.42 Å². The molecule has 0 heterocycles. The lowest BCUT2D eigenvalue weighted by atomic mass is 10.0. The molecule has 4 nitrogen and oxygen atoms in total. The number of carbonyl (C=O) groups is 2. The predicted molar refractivity (Wildman–Crippen MR) is 91.1 cm³/mol. The number of rotatable bonds is 5. The molecule has 2 rings (SSSR count). The summed E-state index contributed by atoms with van der Waals surface area (Å²) in [7, 11) is 0. The predicted octanol–water partition coefficient (Wildman–Crippen LogP) is 2.85. The highest BCUT2D eigenvalue weighted by Gasteiger charge is 2.29. The lowest BCUT2D eigenvalue weighted by Crippen LogP contribution is -2.37. The number of terminal acetylenes is 1. The van der Waals surface area contributed by atoms with Crippen molar-refractivity contribution < 1.29 is 22.8 Å². The van der Waals surface area contributed by atoms with Crippen LogP contribution in [0, 0.1) is 12.3 Å². The fourth-order valence-electron chi connectivity index (χ4n) is 2.17. The lowest BCUT2D eigenvalue weighted by molar-refractivity contribution is -0.137. The van der Waals surface area contributed by atoms with E-state index >= 15 is 0 Å². The van der Waals surface area contributed by atoms with Crippen molar-refractivity contribution in [2.45, 2.75) is 6.18 Å². The fourth-order valence-corrected chi connectivity index (χ4v) is 2.17. The van der Waals surface area contributed by atoms with Gasteiger partial charge in [-0.1, -0.05) is 30.2 Å². The zero-order valence-corrected chi connectivity index (χ0v) is 13.6. The Labute approximate surface area is 148 Å². The molecule has 0 spiro atoms. The molecule has 0 radical (unpaired) electrons. The first kappa shape index (κ1) is 19.1. The van der Waals surface area contributed by atoms with Gasteiger partial charge in [0, 0.05) is 5.56 Å². The van der Waals surface area contributed by atoms with Crippen LogP contribution in [0.3, 0.4) is 0 Å². The maximum Gasteiger partial charge on any atom is 0.416 e. The number of carbonyl (C=O) groups excluding carboxylic acids is 2. The van der Waals surface area contributed by atoms with Crippen LogP contribution in [0.4, 0.5) is 13.2 Å². The van der Waals surface area contributed by atoms with Crippen molar-refractivity contribution in [1.82, 2.24) is 10.6 Å². The van der Waals surface area contributed by atoms with Gasteiger partial charge >= 0.3 is 6.18 Å². The van der Waals surface area contributed by atoms with E-state index in [4.69, 9.17) is 6.42 Å². The van der Waals surface area contributed by atoms with E-state index in [0.29, 0.717) is 11.1 Å². The first-order valence-corrected chi connectivity index (χ1v) is 7.57. The number of amides is 2. The summed E-state index contributed by atoms with van der Waals surface area (Å²) in [5.74, 6) is 1.34. The first-order chi connectivity index (χ1) is 12.3. The van der Waals surface area contributed by atoms with Crippen molar-refractivity contribution in [1.29, 1.82) is 0 Å². The van der Waals surface area contributed by atoms with Crippen LogP contribution in [0.2, 0.25) is 0 Å². The van der Waals surface area contributed by atoms with Crippen LogP contribution in [0.1, 0.15) is 15.9 Å². The van der Waals surface area contributed by atoms with Gasteiger partial charge in [0.1, 0.15) is 0 Å². The van der Waals surface area contributed by atoms with Gasteiger partial charge in [0.15, 0.2) is 0 Å². The summed E-state index contributed by atoms with van der Waals surface area (Å²) in [6, 6.07) is 11.0. The molecule has 0 saturated heterocycles. The highest BCUT2D eigenvalue weighted by atomic mass is 19.4. The number of alkyl halides is 3. The van der Waals surface area contributed by atoms with Crippen molar-refractivity contribution in [3.63, 3.8) is 0 Å². The minimum Gasteiger partial charge on any atom is -0.344 e. The third kappa shape index (κ3) is 5.11. The molecular weight excluding hydrogens is 345 g/mol. The van der Waals surface area contributed by atoms with E-state index in [1.807, 2.05) is 0 Å². The average Bonchev–Trinajstić information content (AvgIpc) is 2.64. The quantitative estimate of drug-likeness (QED) is 0.806. The Bertz CT molecular complexity index is 837. The van der Waals surface area contributed by atoms with Crippen LogP contribution in [0.15, 0.2) is 48.5 Å². The largest absolute Gasteiger partial charge is 0.416 e. The first-order valence-electron chi connectivity index (χ1n) is 7.57. The Morgan fingerprint density at radius 3 is 2.31 bits per heavy atom. The normalized spacial score (nSPS) is 10.7. The summed E-state index contributed by atoms with van der Waals surface area (Å²) >= 11 is 0. The van der Waals surface area contributed by atoms with Gasteiger partial charge in [0.25, 0.3) is 5.91 Å². The van der Waals surface area contributed by atoms with Crippen LogP contribution < -0.4 is 10.6 Å². The molecule has 2 N–H and O–H groups in total. The molecule has 0 atom stereocenters. The van der Waals surface area contributed by atoms with E-state index in [0.717, 1.165) is 12.1 Å². The van der Waals surface area contributed by atoms with Crippen molar-refractivity contribution in [3.05, 3.63) is 59.7 Å². The highest BCUT2D eigenvalue weighted by molar-refractivity contribution is 5.97. The van der Waals surface area contributed by atoms with E-state index < -0.39 is 23.6 Å². The SMILES string of the molecule is C#CCNC(=O)CNC(=O)c1cccc(-c2ccc(C(F)(F)F)cc2)c1. The Kier molecular flexibility index (Phi) is 6.02. The molecule has 7 heteroatoms. The maximum absolute atomic E-state index is 12.6. The van der Waals surface area contributed by atoms with Gasteiger partial charge in [0.05, 0.1) is 18.7 Å². The Morgan fingerprint density at radius 1 is 1.00 bits per heavy atom. The van der Waals surface area contributed by atoms with Crippen molar-refractivity contribution in [3.8, 4) is 23.5 Å².